The van der Waals surface area contributed by atoms with Gasteiger partial charge in [-0.3, -0.25) is 0 Å². The number of rotatable bonds is 12. The van der Waals surface area contributed by atoms with Crippen LogP contribution in [0.1, 0.15) is 50.2 Å². The highest BCUT2D eigenvalue weighted by atomic mass is 16.5. The van der Waals surface area contributed by atoms with Crippen LogP contribution in [0.2, 0.25) is 0 Å². The molecule has 3 aromatic rings. The molecule has 2 heteroatoms. The Hall–Kier alpha value is -2.32. The molecule has 0 radical (unpaired) electrons. The van der Waals surface area contributed by atoms with E-state index in [0.717, 1.165) is 38.3 Å². The second-order valence-corrected chi connectivity index (χ2v) is 7.52. The summed E-state index contributed by atoms with van der Waals surface area (Å²) >= 11 is 0. The molecule has 0 aromatic heterocycles. The van der Waals surface area contributed by atoms with E-state index in [0.29, 0.717) is 0 Å². The van der Waals surface area contributed by atoms with Gasteiger partial charge in [0.05, 0.1) is 6.61 Å². The molecule has 0 fully saturated rings. The van der Waals surface area contributed by atoms with Gasteiger partial charge < -0.3 is 10.1 Å². The first-order valence-electron chi connectivity index (χ1n) is 10.8. The van der Waals surface area contributed by atoms with Crippen LogP contribution >= 0.6 is 0 Å². The topological polar surface area (TPSA) is 21.3 Å². The molecule has 0 saturated heterocycles. The highest BCUT2D eigenvalue weighted by Gasteiger charge is 2.01. The van der Waals surface area contributed by atoms with Gasteiger partial charge in [0.2, 0.25) is 0 Å². The van der Waals surface area contributed by atoms with Gasteiger partial charge in [0, 0.05) is 6.54 Å². The first-order valence-corrected chi connectivity index (χ1v) is 10.8. The van der Waals surface area contributed by atoms with E-state index in [2.05, 4.69) is 79.0 Å². The Balaban J connectivity index is 1.40. The van der Waals surface area contributed by atoms with Crippen LogP contribution in [-0.4, -0.2) is 13.2 Å². The fourth-order valence-electron chi connectivity index (χ4n) is 3.45. The van der Waals surface area contributed by atoms with Crippen molar-refractivity contribution in [3.05, 3.63) is 77.9 Å². The third-order valence-electron chi connectivity index (χ3n) is 5.13. The van der Waals surface area contributed by atoms with Crippen molar-refractivity contribution in [2.75, 3.05) is 13.2 Å². The van der Waals surface area contributed by atoms with Crippen molar-refractivity contribution in [3.8, 4) is 5.75 Å². The van der Waals surface area contributed by atoms with Crippen molar-refractivity contribution in [1.29, 1.82) is 0 Å². The molecule has 0 aliphatic carbocycles. The fraction of sp³-hybridized carbons (Fsp3) is 0.385. The van der Waals surface area contributed by atoms with Crippen LogP contribution in [0, 0.1) is 0 Å². The lowest BCUT2D eigenvalue weighted by atomic mass is 10.1. The van der Waals surface area contributed by atoms with Crippen molar-refractivity contribution in [2.24, 2.45) is 0 Å². The van der Waals surface area contributed by atoms with Crippen molar-refractivity contribution in [2.45, 2.75) is 52.0 Å². The zero-order valence-electron chi connectivity index (χ0n) is 17.1. The standard InChI is InChI=1S/C26H33NO/c1-2-3-17-27-21-23-13-14-25-20-26(16-15-24(25)19-23)28-18-9-5-8-12-22-10-6-4-7-11-22/h4,6-7,10-11,13-16,19-20,27H,2-3,5,8-9,12,17-18,21H2,1H3. The first-order chi connectivity index (χ1) is 13.8. The summed E-state index contributed by atoms with van der Waals surface area (Å²) in [6.07, 6.45) is 7.16. The van der Waals surface area contributed by atoms with Gasteiger partial charge in [-0.25, -0.2) is 0 Å². The average molecular weight is 376 g/mol. The maximum Gasteiger partial charge on any atom is 0.119 e. The molecule has 0 spiro atoms. The molecule has 0 aliphatic heterocycles. The molecule has 3 rings (SSSR count). The van der Waals surface area contributed by atoms with Crippen molar-refractivity contribution < 1.29 is 4.74 Å². The van der Waals surface area contributed by atoms with Gasteiger partial charge in [0.15, 0.2) is 0 Å². The van der Waals surface area contributed by atoms with Crippen LogP contribution in [0.15, 0.2) is 66.7 Å². The smallest absolute Gasteiger partial charge is 0.119 e. The van der Waals surface area contributed by atoms with Crippen molar-refractivity contribution >= 4 is 10.8 Å². The molecule has 0 aliphatic rings. The van der Waals surface area contributed by atoms with Gasteiger partial charge in [-0.2, -0.15) is 0 Å². The lowest BCUT2D eigenvalue weighted by Crippen LogP contribution is -2.14. The van der Waals surface area contributed by atoms with Crippen LogP contribution < -0.4 is 10.1 Å². The minimum Gasteiger partial charge on any atom is -0.494 e. The molecular weight excluding hydrogens is 342 g/mol. The SMILES string of the molecule is CCCCNCc1ccc2cc(OCCCCCc3ccccc3)ccc2c1. The van der Waals surface area contributed by atoms with Crippen molar-refractivity contribution in [1.82, 2.24) is 5.32 Å². The lowest BCUT2D eigenvalue weighted by Gasteiger charge is -2.09. The van der Waals surface area contributed by atoms with E-state index in [4.69, 9.17) is 4.74 Å². The number of hydrogen-bond donors (Lipinski definition) is 1. The first kappa shape index (κ1) is 20.4. The Morgan fingerprint density at radius 3 is 2.43 bits per heavy atom. The molecule has 28 heavy (non-hydrogen) atoms. The Morgan fingerprint density at radius 1 is 0.750 bits per heavy atom. The molecule has 0 atom stereocenters. The highest BCUT2D eigenvalue weighted by molar-refractivity contribution is 5.84. The Labute approximate surface area is 169 Å². The van der Waals surface area contributed by atoms with E-state index in [1.165, 1.54) is 47.6 Å². The summed E-state index contributed by atoms with van der Waals surface area (Å²) in [7, 11) is 0. The number of hydrogen-bond acceptors (Lipinski definition) is 2. The van der Waals surface area contributed by atoms with E-state index in [1.54, 1.807) is 0 Å². The summed E-state index contributed by atoms with van der Waals surface area (Å²) in [6.45, 7) is 5.05. The van der Waals surface area contributed by atoms with Gasteiger partial charge >= 0.3 is 0 Å². The third kappa shape index (κ3) is 6.69. The number of ether oxygens (including phenoxy) is 1. The van der Waals surface area contributed by atoms with E-state index < -0.39 is 0 Å². The summed E-state index contributed by atoms with van der Waals surface area (Å²) in [5.74, 6) is 0.976. The van der Waals surface area contributed by atoms with E-state index in [9.17, 15) is 0 Å². The van der Waals surface area contributed by atoms with Crippen LogP contribution in [0.3, 0.4) is 0 Å². The number of nitrogens with one attached hydrogen (secondary N) is 1. The highest BCUT2D eigenvalue weighted by Crippen LogP contribution is 2.22. The fourth-order valence-corrected chi connectivity index (χ4v) is 3.45. The summed E-state index contributed by atoms with van der Waals surface area (Å²) in [6, 6.07) is 23.9. The normalized spacial score (nSPS) is 11.0. The lowest BCUT2D eigenvalue weighted by molar-refractivity contribution is 0.305. The largest absolute Gasteiger partial charge is 0.494 e. The summed E-state index contributed by atoms with van der Waals surface area (Å²) in [4.78, 5) is 0. The van der Waals surface area contributed by atoms with E-state index in [-0.39, 0.29) is 0 Å². The number of benzene rings is 3. The molecule has 3 aromatic carbocycles. The Bertz CT molecular complexity index is 828. The van der Waals surface area contributed by atoms with Gasteiger partial charge in [0.1, 0.15) is 5.75 Å². The second kappa shape index (κ2) is 11.5. The van der Waals surface area contributed by atoms with Gasteiger partial charge in [-0.1, -0.05) is 61.9 Å². The summed E-state index contributed by atoms with van der Waals surface area (Å²) in [5, 5.41) is 6.04. The summed E-state index contributed by atoms with van der Waals surface area (Å²) < 4.78 is 5.98. The van der Waals surface area contributed by atoms with Gasteiger partial charge in [-0.05, 0) is 78.7 Å². The predicted octanol–water partition coefficient (Wildman–Crippen LogP) is 6.52. The molecule has 0 unspecified atom stereocenters. The molecule has 0 amide bonds. The monoisotopic (exact) mass is 375 g/mol. The van der Waals surface area contributed by atoms with Gasteiger partial charge in [0.25, 0.3) is 0 Å². The second-order valence-electron chi connectivity index (χ2n) is 7.52. The third-order valence-corrected chi connectivity index (χ3v) is 5.13. The van der Waals surface area contributed by atoms with Crippen LogP contribution in [-0.2, 0) is 13.0 Å². The number of aryl methyl sites for hydroxylation is 1. The molecule has 0 bridgehead atoms. The average Bonchev–Trinajstić information content (AvgIpc) is 2.74. The maximum atomic E-state index is 5.98. The molecule has 148 valence electrons. The van der Waals surface area contributed by atoms with Gasteiger partial charge in [-0.15, -0.1) is 0 Å². The zero-order valence-corrected chi connectivity index (χ0v) is 17.1. The van der Waals surface area contributed by atoms with Crippen molar-refractivity contribution in [3.63, 3.8) is 0 Å². The molecule has 2 nitrogen and oxygen atoms in total. The van der Waals surface area contributed by atoms with E-state index in [1.807, 2.05) is 0 Å². The summed E-state index contributed by atoms with van der Waals surface area (Å²) in [5.41, 5.74) is 2.77. The molecule has 1 N–H and O–H groups in total. The molecule has 0 heterocycles. The Morgan fingerprint density at radius 2 is 1.57 bits per heavy atom. The molecular formula is C26H33NO. The van der Waals surface area contributed by atoms with E-state index >= 15 is 0 Å². The zero-order chi connectivity index (χ0) is 19.4. The van der Waals surface area contributed by atoms with Crippen LogP contribution in [0.25, 0.3) is 10.8 Å². The number of fused-ring (bicyclic) bond motifs is 1. The van der Waals surface area contributed by atoms with Crippen LogP contribution in [0.5, 0.6) is 5.75 Å². The van der Waals surface area contributed by atoms with Crippen LogP contribution in [0.4, 0.5) is 0 Å². The Kier molecular flexibility index (Phi) is 8.39. The maximum absolute atomic E-state index is 5.98. The predicted molar refractivity (Wildman–Crippen MR) is 120 cm³/mol. The minimum absolute atomic E-state index is 0.791. The number of unbranched alkanes of at least 4 members (excludes halogenated alkanes) is 3. The quantitative estimate of drug-likeness (QED) is 0.364. The molecule has 0 saturated carbocycles. The minimum atomic E-state index is 0.791.